The zero-order valence-electron chi connectivity index (χ0n) is 10.2. The maximum atomic E-state index is 11.6. The van der Waals surface area contributed by atoms with Crippen molar-refractivity contribution in [1.82, 2.24) is 0 Å². The van der Waals surface area contributed by atoms with Gasteiger partial charge in [-0.05, 0) is 31.6 Å². The van der Waals surface area contributed by atoms with Gasteiger partial charge in [0.25, 0.3) is 0 Å². The van der Waals surface area contributed by atoms with Crippen LogP contribution >= 0.6 is 0 Å². The maximum Gasteiger partial charge on any atom is 0.210 e. The predicted molar refractivity (Wildman–Crippen MR) is 64.1 cm³/mol. The summed E-state index contributed by atoms with van der Waals surface area (Å²) in [5, 5.41) is 10.7. The molecule has 4 unspecified atom stereocenters. The van der Waals surface area contributed by atoms with Crippen molar-refractivity contribution in [1.29, 1.82) is 0 Å². The average molecular weight is 237 g/mol. The minimum atomic E-state index is -0.227. The quantitative estimate of drug-likeness (QED) is 0.430. The highest BCUT2D eigenvalue weighted by molar-refractivity contribution is 5.80. The molecule has 0 spiro atoms. The Morgan fingerprint density at radius 1 is 1.29 bits per heavy atom. The minimum Gasteiger partial charge on any atom is -0.299 e. The van der Waals surface area contributed by atoms with E-state index in [4.69, 9.17) is 0 Å². The summed E-state index contributed by atoms with van der Waals surface area (Å²) in [6.07, 6.45) is 8.23. The van der Waals surface area contributed by atoms with Crippen LogP contribution in [0.5, 0.6) is 0 Å². The standard InChI is InChI=1S/C13H19NO3/c1-9(15)11-7-6-10(8-14(16)17)12-4-2-3-5-13(11)12/h6-7,10-13H,2-5,8H2,1H3. The second kappa shape index (κ2) is 4.98. The fraction of sp³-hybridized carbons (Fsp3) is 0.769. The van der Waals surface area contributed by atoms with Gasteiger partial charge in [0.1, 0.15) is 5.78 Å². The van der Waals surface area contributed by atoms with Crippen molar-refractivity contribution in [3.63, 3.8) is 0 Å². The third kappa shape index (κ3) is 2.56. The van der Waals surface area contributed by atoms with Crippen molar-refractivity contribution in [2.45, 2.75) is 32.6 Å². The molecule has 4 nitrogen and oxygen atoms in total. The molecule has 1 saturated carbocycles. The number of allylic oxidation sites excluding steroid dienone is 1. The second-order valence-corrected chi connectivity index (χ2v) is 5.31. The van der Waals surface area contributed by atoms with E-state index in [0.717, 1.165) is 25.7 Å². The molecule has 2 aliphatic rings. The number of nitro groups is 1. The van der Waals surface area contributed by atoms with Crippen molar-refractivity contribution in [2.75, 3.05) is 6.54 Å². The van der Waals surface area contributed by atoms with Gasteiger partial charge >= 0.3 is 0 Å². The molecule has 0 radical (unpaired) electrons. The Morgan fingerprint density at radius 3 is 2.53 bits per heavy atom. The van der Waals surface area contributed by atoms with Gasteiger partial charge in [0, 0.05) is 16.8 Å². The van der Waals surface area contributed by atoms with Crippen molar-refractivity contribution >= 4 is 5.78 Å². The molecule has 0 N–H and O–H groups in total. The lowest BCUT2D eigenvalue weighted by molar-refractivity contribution is -0.488. The minimum absolute atomic E-state index is 0.00306. The molecule has 0 bridgehead atoms. The molecule has 0 saturated heterocycles. The summed E-state index contributed by atoms with van der Waals surface area (Å²) >= 11 is 0. The normalized spacial score (nSPS) is 36.3. The lowest BCUT2D eigenvalue weighted by Gasteiger charge is -2.40. The van der Waals surface area contributed by atoms with Gasteiger partial charge in [0.15, 0.2) is 0 Å². The number of Topliss-reactive ketones (excluding diaryl/α,β-unsaturated/α-hetero) is 1. The predicted octanol–water partition coefficient (Wildman–Crippen LogP) is 2.46. The molecule has 0 aliphatic heterocycles. The van der Waals surface area contributed by atoms with E-state index in [1.165, 1.54) is 0 Å². The number of ketones is 1. The Morgan fingerprint density at radius 2 is 1.94 bits per heavy atom. The summed E-state index contributed by atoms with van der Waals surface area (Å²) in [7, 11) is 0. The van der Waals surface area contributed by atoms with Gasteiger partial charge in [-0.1, -0.05) is 25.0 Å². The lowest BCUT2D eigenvalue weighted by Crippen LogP contribution is -2.39. The van der Waals surface area contributed by atoms with Crippen LogP contribution < -0.4 is 0 Å². The van der Waals surface area contributed by atoms with Crippen LogP contribution in [0.1, 0.15) is 32.6 Å². The van der Waals surface area contributed by atoms with E-state index < -0.39 is 0 Å². The van der Waals surface area contributed by atoms with Crippen molar-refractivity contribution in [3.8, 4) is 0 Å². The first kappa shape index (κ1) is 12.3. The molecule has 94 valence electrons. The zero-order valence-corrected chi connectivity index (χ0v) is 10.2. The highest BCUT2D eigenvalue weighted by atomic mass is 16.6. The SMILES string of the molecule is CC(=O)C1C=CC(C[N+](=O)[O-])C2CCCCC12. The van der Waals surface area contributed by atoms with Gasteiger partial charge in [-0.3, -0.25) is 14.9 Å². The van der Waals surface area contributed by atoms with Gasteiger partial charge in [-0.2, -0.15) is 0 Å². The van der Waals surface area contributed by atoms with Crippen LogP contribution in [0.4, 0.5) is 0 Å². The molecule has 0 amide bonds. The van der Waals surface area contributed by atoms with Gasteiger partial charge in [0.05, 0.1) is 0 Å². The fourth-order valence-corrected chi connectivity index (χ4v) is 3.52. The van der Waals surface area contributed by atoms with E-state index >= 15 is 0 Å². The third-order valence-electron chi connectivity index (χ3n) is 4.28. The smallest absolute Gasteiger partial charge is 0.210 e. The molecule has 0 aromatic rings. The molecule has 4 atom stereocenters. The molecule has 1 fully saturated rings. The van der Waals surface area contributed by atoms with Crippen LogP contribution in [0.3, 0.4) is 0 Å². The molecule has 2 rings (SSSR count). The molecule has 17 heavy (non-hydrogen) atoms. The van der Waals surface area contributed by atoms with Gasteiger partial charge in [0.2, 0.25) is 6.54 Å². The Labute approximate surface area is 101 Å². The Balaban J connectivity index is 2.19. The van der Waals surface area contributed by atoms with Crippen LogP contribution in [-0.4, -0.2) is 17.3 Å². The molecular formula is C13H19NO3. The van der Waals surface area contributed by atoms with Crippen molar-refractivity contribution < 1.29 is 9.72 Å². The van der Waals surface area contributed by atoms with Crippen molar-refractivity contribution in [3.05, 3.63) is 22.3 Å². The number of rotatable bonds is 3. The first-order valence-electron chi connectivity index (χ1n) is 6.40. The van der Waals surface area contributed by atoms with Gasteiger partial charge in [-0.25, -0.2) is 0 Å². The van der Waals surface area contributed by atoms with E-state index in [-0.39, 0.29) is 29.1 Å². The number of hydrogen-bond donors (Lipinski definition) is 0. The molecule has 0 heterocycles. The highest BCUT2D eigenvalue weighted by Crippen LogP contribution is 2.44. The zero-order chi connectivity index (χ0) is 12.4. The summed E-state index contributed by atoms with van der Waals surface area (Å²) in [6.45, 7) is 1.65. The molecule has 0 aromatic carbocycles. The Hall–Kier alpha value is -1.19. The van der Waals surface area contributed by atoms with E-state index in [1.807, 2.05) is 12.2 Å². The van der Waals surface area contributed by atoms with Crippen LogP contribution in [0.15, 0.2) is 12.2 Å². The lowest BCUT2D eigenvalue weighted by atomic mass is 9.63. The molecule has 0 aromatic heterocycles. The molecular weight excluding hydrogens is 218 g/mol. The third-order valence-corrected chi connectivity index (χ3v) is 4.28. The summed E-state index contributed by atoms with van der Waals surface area (Å²) in [5.41, 5.74) is 0. The molecule has 2 aliphatic carbocycles. The van der Waals surface area contributed by atoms with E-state index in [2.05, 4.69) is 0 Å². The van der Waals surface area contributed by atoms with Crippen LogP contribution in [-0.2, 0) is 4.79 Å². The van der Waals surface area contributed by atoms with Crippen molar-refractivity contribution in [2.24, 2.45) is 23.7 Å². The van der Waals surface area contributed by atoms with E-state index in [1.54, 1.807) is 6.92 Å². The van der Waals surface area contributed by atoms with Crippen LogP contribution in [0.2, 0.25) is 0 Å². The second-order valence-electron chi connectivity index (χ2n) is 5.31. The van der Waals surface area contributed by atoms with E-state index in [0.29, 0.717) is 11.8 Å². The Bertz CT molecular complexity index is 351. The first-order valence-corrected chi connectivity index (χ1v) is 6.40. The number of hydrogen-bond acceptors (Lipinski definition) is 3. The fourth-order valence-electron chi connectivity index (χ4n) is 3.52. The monoisotopic (exact) mass is 237 g/mol. The highest BCUT2D eigenvalue weighted by Gasteiger charge is 2.40. The topological polar surface area (TPSA) is 60.2 Å². The van der Waals surface area contributed by atoms with E-state index in [9.17, 15) is 14.9 Å². The Kier molecular flexibility index (Phi) is 3.60. The van der Waals surface area contributed by atoms with Crippen LogP contribution in [0, 0.1) is 33.8 Å². The summed E-state index contributed by atoms with van der Waals surface area (Å²) < 4.78 is 0. The number of carbonyl (C=O) groups is 1. The largest absolute Gasteiger partial charge is 0.299 e. The van der Waals surface area contributed by atoms with Gasteiger partial charge in [-0.15, -0.1) is 0 Å². The van der Waals surface area contributed by atoms with Crippen LogP contribution in [0.25, 0.3) is 0 Å². The summed E-state index contributed by atoms with van der Waals surface area (Å²) in [5.74, 6) is 0.927. The molecule has 4 heteroatoms. The first-order chi connectivity index (χ1) is 8.09. The average Bonchev–Trinajstić information content (AvgIpc) is 2.28. The summed E-state index contributed by atoms with van der Waals surface area (Å²) in [6, 6.07) is 0. The number of carbonyl (C=O) groups excluding carboxylic acids is 1. The summed E-state index contributed by atoms with van der Waals surface area (Å²) in [4.78, 5) is 22.0. The number of nitrogens with zero attached hydrogens (tertiary/aromatic N) is 1. The van der Waals surface area contributed by atoms with Gasteiger partial charge < -0.3 is 0 Å². The maximum absolute atomic E-state index is 11.6. The number of fused-ring (bicyclic) bond motifs is 1.